The third-order valence-corrected chi connectivity index (χ3v) is 2.77. The number of hydrogen-bond donors (Lipinski definition) is 0. The molecule has 0 saturated heterocycles. The Morgan fingerprint density at radius 1 is 0.784 bits per heavy atom. The van der Waals surface area contributed by atoms with Crippen LogP contribution in [0.2, 0.25) is 0 Å². The zero-order chi connectivity index (χ0) is 28.7. The summed E-state index contributed by atoms with van der Waals surface area (Å²) in [7, 11) is -10.7. The van der Waals surface area contributed by atoms with Gasteiger partial charge in [0, 0.05) is 27.7 Å². The van der Waals surface area contributed by atoms with Gasteiger partial charge in [0.05, 0.1) is 24.3 Å². The molecule has 6 nitrogen and oxygen atoms in total. The smallest absolute Gasteiger partial charge is 0.518 e. The van der Waals surface area contributed by atoms with Crippen LogP contribution >= 0.6 is 7.81 Å². The average molecular weight is 633 g/mol. The molecule has 2 aromatic rings. The van der Waals surface area contributed by atoms with E-state index in [0.29, 0.717) is 12.5 Å². The maximum atomic E-state index is 9.87. The predicted molar refractivity (Wildman–Crippen MR) is 126 cm³/mol. The summed E-state index contributed by atoms with van der Waals surface area (Å²) in [6, 6.07) is 28.2. The van der Waals surface area contributed by atoms with Crippen LogP contribution in [0.25, 0.3) is 0 Å². The van der Waals surface area contributed by atoms with Gasteiger partial charge < -0.3 is 4.74 Å². The zero-order valence-electron chi connectivity index (χ0n) is 20.2. The zero-order valence-corrected chi connectivity index (χ0v) is 22.8. The summed E-state index contributed by atoms with van der Waals surface area (Å²) in [5, 5.41) is 29.3. The fraction of sp³-hybridized carbons (Fsp3) is 0.261. The molecule has 202 valence electrons. The molecule has 3 rings (SSSR count). The molecule has 1 aliphatic rings. The number of hydrogen-bond acceptors (Lipinski definition) is 6. The molecule has 0 N–H and O–H groups in total. The van der Waals surface area contributed by atoms with E-state index in [1.54, 1.807) is 24.3 Å². The molecule has 0 spiro atoms. The average Bonchev–Trinajstić information content (AvgIpc) is 3.26. The Morgan fingerprint density at radius 2 is 1.16 bits per heavy atom. The first-order valence-electron chi connectivity index (χ1n) is 9.57. The van der Waals surface area contributed by atoms with Gasteiger partial charge in [-0.1, -0.05) is 35.9 Å². The number of rotatable bonds is 2. The molecule has 0 bridgehead atoms. The van der Waals surface area contributed by atoms with Gasteiger partial charge in [0.15, 0.2) is 0 Å². The predicted octanol–water partition coefficient (Wildman–Crippen LogP) is 8.50. The van der Waals surface area contributed by atoms with Crippen molar-refractivity contribution in [2.45, 2.75) is 33.7 Å². The van der Waals surface area contributed by atoms with Gasteiger partial charge in [0.1, 0.15) is 18.5 Å². The van der Waals surface area contributed by atoms with E-state index in [-0.39, 0.29) is 25.5 Å². The molecular weight excluding hydrogens is 608 g/mol. The van der Waals surface area contributed by atoms with Crippen LogP contribution in [0.5, 0.6) is 0 Å². The van der Waals surface area contributed by atoms with E-state index in [9.17, 15) is 25.2 Å². The summed E-state index contributed by atoms with van der Waals surface area (Å²) in [5.41, 5.74) is 2.12. The van der Waals surface area contributed by atoms with Gasteiger partial charge in [-0.2, -0.15) is 21.0 Å². The number of nitrogens with zero attached hydrogens (tertiary/aromatic N) is 5. The van der Waals surface area contributed by atoms with Crippen molar-refractivity contribution in [2.24, 2.45) is 4.99 Å². The van der Waals surface area contributed by atoms with E-state index in [4.69, 9.17) is 25.8 Å². The van der Waals surface area contributed by atoms with Crippen LogP contribution in [0.15, 0.2) is 59.6 Å². The first-order chi connectivity index (χ1) is 16.5. The maximum absolute atomic E-state index is 10.7. The van der Waals surface area contributed by atoms with E-state index in [1.165, 1.54) is 33.3 Å². The molecule has 0 aromatic heterocycles. The number of ether oxygens (including phenoxy) is 1. The fourth-order valence-corrected chi connectivity index (χ4v) is 1.89. The van der Waals surface area contributed by atoms with Crippen molar-refractivity contribution in [1.29, 1.82) is 21.0 Å². The van der Waals surface area contributed by atoms with Crippen molar-refractivity contribution >= 4 is 13.7 Å². The molecule has 1 unspecified atom stereocenters. The van der Waals surface area contributed by atoms with Crippen LogP contribution < -0.4 is 0 Å². The molecule has 0 amide bonds. The van der Waals surface area contributed by atoms with Gasteiger partial charge in [0.25, 0.3) is 0 Å². The van der Waals surface area contributed by atoms with Gasteiger partial charge >= 0.3 is 52.5 Å². The fourth-order valence-electron chi connectivity index (χ4n) is 1.89. The Bertz CT molecular complexity index is 1010. The van der Waals surface area contributed by atoms with Crippen LogP contribution in [0.1, 0.15) is 44.9 Å². The molecular formula is C23H24F6N5OPRu. The molecule has 2 aromatic carbocycles. The molecule has 14 heteroatoms. The van der Waals surface area contributed by atoms with Gasteiger partial charge in [-0.05, 0) is 5.56 Å². The third-order valence-electron chi connectivity index (χ3n) is 2.77. The van der Waals surface area contributed by atoms with Crippen molar-refractivity contribution in [1.82, 2.24) is 0 Å². The summed E-state index contributed by atoms with van der Waals surface area (Å²) >= 11 is 0. The Kier molecular flexibility index (Phi) is 21.6. The topological polar surface area (TPSA) is 117 Å². The molecule has 1 atom stereocenters. The van der Waals surface area contributed by atoms with Crippen LogP contribution in [0, 0.1) is 51.4 Å². The Labute approximate surface area is 225 Å². The van der Waals surface area contributed by atoms with Crippen molar-refractivity contribution < 1.29 is 49.4 Å². The van der Waals surface area contributed by atoms with Crippen molar-refractivity contribution in [3.8, 4) is 24.3 Å². The largest absolute Gasteiger partial charge is 2.00 e. The van der Waals surface area contributed by atoms with Crippen LogP contribution in [-0.2, 0) is 24.2 Å². The quantitative estimate of drug-likeness (QED) is 0.142. The molecule has 0 fully saturated rings. The van der Waals surface area contributed by atoms with E-state index in [0.717, 1.165) is 5.56 Å². The van der Waals surface area contributed by atoms with Crippen molar-refractivity contribution in [2.75, 3.05) is 6.61 Å². The Balaban J connectivity index is -0.000000229. The standard InChI is InChI=1S/C15H12NO.4C2H3N.F6P.Ru/c1-3-7-12(8-4-1)14-11-17-15(16-14)13-9-5-2-6-10-13;4*1-2-3;1-7(2,3,4,5)6;/h1-9,14H,11H2;4*1H3;;/q-1;;;;;-1;+2. The number of aliphatic imine (C=N–C) groups is 1. The molecule has 0 aliphatic carbocycles. The SMILES string of the molecule is CC#N.CC#N.CC#N.CC#N.F[P-](F)(F)(F)(F)F.[Ru+2].[c-]1ccccc1C1=NC(c2ccccc2)CO1. The van der Waals surface area contributed by atoms with Crippen LogP contribution in [0.3, 0.4) is 0 Å². The number of nitriles is 4. The summed E-state index contributed by atoms with van der Waals surface area (Å²) in [6.07, 6.45) is 0. The third kappa shape index (κ3) is 34.7. The summed E-state index contributed by atoms with van der Waals surface area (Å²) in [5.74, 6) is 0.694. The summed E-state index contributed by atoms with van der Waals surface area (Å²) < 4.78 is 64.8. The maximum Gasteiger partial charge on any atom is 2.00 e. The minimum Gasteiger partial charge on any atom is -0.518 e. The Morgan fingerprint density at radius 3 is 1.51 bits per heavy atom. The minimum absolute atomic E-state index is 0. The summed E-state index contributed by atoms with van der Waals surface area (Å²) in [6.45, 7) is 6.34. The Hall–Kier alpha value is -3.50. The summed E-state index contributed by atoms with van der Waals surface area (Å²) in [4.78, 5) is 4.59. The molecule has 0 saturated carbocycles. The molecule has 0 radical (unpaired) electrons. The number of halogens is 6. The second kappa shape index (κ2) is 19.7. The van der Waals surface area contributed by atoms with E-state index in [2.05, 4.69) is 23.2 Å². The van der Waals surface area contributed by atoms with Gasteiger partial charge in [-0.15, -0.1) is 30.3 Å². The first kappa shape index (κ1) is 40.7. The van der Waals surface area contributed by atoms with Gasteiger partial charge in [-0.25, -0.2) is 0 Å². The van der Waals surface area contributed by atoms with Crippen molar-refractivity contribution in [3.05, 3.63) is 71.8 Å². The second-order valence-corrected chi connectivity index (χ2v) is 7.72. The van der Waals surface area contributed by atoms with Crippen LogP contribution in [-0.4, -0.2) is 12.5 Å². The monoisotopic (exact) mass is 633 g/mol. The van der Waals surface area contributed by atoms with Crippen LogP contribution in [0.4, 0.5) is 25.2 Å². The van der Waals surface area contributed by atoms with Gasteiger partial charge in [-0.3, -0.25) is 4.99 Å². The number of benzene rings is 2. The minimum atomic E-state index is -10.7. The van der Waals surface area contributed by atoms with Gasteiger partial charge in [0.2, 0.25) is 0 Å². The van der Waals surface area contributed by atoms with E-state index < -0.39 is 7.81 Å². The first-order valence-corrected chi connectivity index (χ1v) is 11.6. The van der Waals surface area contributed by atoms with E-state index in [1.807, 2.05) is 42.5 Å². The normalized spacial score (nSPS) is 13.8. The second-order valence-electron chi connectivity index (χ2n) is 5.80. The molecule has 1 aliphatic heterocycles. The van der Waals surface area contributed by atoms with E-state index >= 15 is 0 Å². The molecule has 37 heavy (non-hydrogen) atoms. The van der Waals surface area contributed by atoms with Crippen molar-refractivity contribution in [3.63, 3.8) is 0 Å². The molecule has 1 heterocycles.